The summed E-state index contributed by atoms with van der Waals surface area (Å²) in [6.07, 6.45) is 3.71. The molecule has 0 saturated carbocycles. The van der Waals surface area contributed by atoms with Crippen LogP contribution in [0.2, 0.25) is 0 Å². The average molecular weight is 215 g/mol. The number of aromatic nitrogens is 2. The number of nitrogens with zero attached hydrogens (tertiary/aromatic N) is 2. The Labute approximate surface area is 74.7 Å². The molecule has 60 valence electrons. The highest BCUT2D eigenvalue weighted by Crippen LogP contribution is 2.28. The maximum atomic E-state index is 4.38. The molecule has 0 saturated heterocycles. The zero-order chi connectivity index (χ0) is 7.84. The maximum Gasteiger partial charge on any atom is 0.131 e. The fourth-order valence-corrected chi connectivity index (χ4v) is 2.34. The molecule has 1 heterocycles. The topological polar surface area (TPSA) is 17.8 Å². The van der Waals surface area contributed by atoms with Gasteiger partial charge in [0.2, 0.25) is 0 Å². The van der Waals surface area contributed by atoms with E-state index in [1.807, 2.05) is 0 Å². The van der Waals surface area contributed by atoms with Gasteiger partial charge < -0.3 is 0 Å². The van der Waals surface area contributed by atoms with Crippen molar-refractivity contribution in [1.29, 1.82) is 0 Å². The molecule has 0 fully saturated rings. The Morgan fingerprint density at radius 2 is 2.36 bits per heavy atom. The molecule has 11 heavy (non-hydrogen) atoms. The van der Waals surface area contributed by atoms with Gasteiger partial charge in [-0.3, -0.25) is 4.68 Å². The lowest BCUT2D eigenvalue weighted by Gasteiger charge is -1.98. The van der Waals surface area contributed by atoms with Gasteiger partial charge in [0, 0.05) is 17.8 Å². The van der Waals surface area contributed by atoms with Gasteiger partial charge in [0.05, 0.1) is 0 Å². The van der Waals surface area contributed by atoms with E-state index in [1.165, 1.54) is 30.5 Å². The van der Waals surface area contributed by atoms with Crippen molar-refractivity contribution in [2.24, 2.45) is 0 Å². The molecule has 1 aliphatic rings. The van der Waals surface area contributed by atoms with Crippen molar-refractivity contribution in [2.45, 2.75) is 32.7 Å². The van der Waals surface area contributed by atoms with Gasteiger partial charge in [-0.15, -0.1) is 0 Å². The van der Waals surface area contributed by atoms with Crippen molar-refractivity contribution in [3.8, 4) is 0 Å². The minimum atomic E-state index is 0.994. The molecule has 0 aliphatic heterocycles. The Morgan fingerprint density at radius 3 is 3.09 bits per heavy atom. The van der Waals surface area contributed by atoms with Crippen LogP contribution in [0.25, 0.3) is 0 Å². The molecule has 1 aliphatic carbocycles. The Kier molecular flexibility index (Phi) is 1.75. The lowest BCUT2D eigenvalue weighted by atomic mass is 10.3. The predicted molar refractivity (Wildman–Crippen MR) is 47.6 cm³/mol. The van der Waals surface area contributed by atoms with Crippen LogP contribution in [0.4, 0.5) is 0 Å². The Balaban J connectivity index is 2.52. The van der Waals surface area contributed by atoms with Crippen LogP contribution in [0.3, 0.4) is 0 Å². The highest BCUT2D eigenvalue weighted by atomic mass is 79.9. The lowest BCUT2D eigenvalue weighted by Crippen LogP contribution is -2.00. The van der Waals surface area contributed by atoms with Crippen molar-refractivity contribution in [2.75, 3.05) is 0 Å². The second-order valence-electron chi connectivity index (χ2n) is 2.89. The third-order valence-corrected chi connectivity index (χ3v) is 2.89. The second kappa shape index (κ2) is 2.63. The zero-order valence-corrected chi connectivity index (χ0v) is 8.19. The third-order valence-electron chi connectivity index (χ3n) is 2.26. The van der Waals surface area contributed by atoms with Gasteiger partial charge in [0.15, 0.2) is 0 Å². The van der Waals surface area contributed by atoms with E-state index in [4.69, 9.17) is 0 Å². The molecule has 0 unspecified atom stereocenters. The number of aryl methyl sites for hydroxylation is 1. The van der Waals surface area contributed by atoms with Crippen molar-refractivity contribution in [3.63, 3.8) is 0 Å². The van der Waals surface area contributed by atoms with Gasteiger partial charge in [-0.05, 0) is 42.1 Å². The highest BCUT2D eigenvalue weighted by Gasteiger charge is 2.19. The summed E-state index contributed by atoms with van der Waals surface area (Å²) in [6, 6.07) is 0. The molecule has 1 aromatic rings. The molecule has 3 heteroatoms. The van der Waals surface area contributed by atoms with Crippen molar-refractivity contribution >= 4 is 15.9 Å². The van der Waals surface area contributed by atoms with E-state index < -0.39 is 0 Å². The minimum Gasteiger partial charge on any atom is -0.268 e. The first kappa shape index (κ1) is 7.35. The van der Waals surface area contributed by atoms with E-state index in [0.717, 1.165) is 11.1 Å². The van der Waals surface area contributed by atoms with Crippen molar-refractivity contribution in [3.05, 3.63) is 15.9 Å². The maximum absolute atomic E-state index is 4.38. The molecule has 0 radical (unpaired) electrons. The molecule has 2 rings (SSSR count). The molecular weight excluding hydrogens is 204 g/mol. The van der Waals surface area contributed by atoms with E-state index >= 15 is 0 Å². The molecule has 0 atom stereocenters. The average Bonchev–Trinajstić information content (AvgIpc) is 2.54. The van der Waals surface area contributed by atoms with Crippen molar-refractivity contribution < 1.29 is 0 Å². The third kappa shape index (κ3) is 1.02. The fourth-order valence-electron chi connectivity index (χ4n) is 1.72. The minimum absolute atomic E-state index is 0.994. The van der Waals surface area contributed by atoms with E-state index in [1.54, 1.807) is 0 Å². The largest absolute Gasteiger partial charge is 0.268 e. The van der Waals surface area contributed by atoms with E-state index in [9.17, 15) is 0 Å². The first-order valence-electron chi connectivity index (χ1n) is 4.07. The number of hydrogen-bond donors (Lipinski definition) is 0. The summed E-state index contributed by atoms with van der Waals surface area (Å²) < 4.78 is 3.17. The predicted octanol–water partition coefficient (Wildman–Crippen LogP) is 2.15. The summed E-state index contributed by atoms with van der Waals surface area (Å²) in [5.74, 6) is 0. The summed E-state index contributed by atoms with van der Waals surface area (Å²) >= 11 is 3.48. The standard InChI is InChI=1S/C8H11BrN2/c1-2-11-7-5-3-4-6(7)8(9)10-11/h2-5H2,1H3. The van der Waals surface area contributed by atoms with Crippen LogP contribution >= 0.6 is 15.9 Å². The number of fused-ring (bicyclic) bond motifs is 1. The van der Waals surface area contributed by atoms with Crippen LogP contribution in [0, 0.1) is 0 Å². The highest BCUT2D eigenvalue weighted by molar-refractivity contribution is 9.10. The number of rotatable bonds is 1. The van der Waals surface area contributed by atoms with Crippen LogP contribution in [0.15, 0.2) is 4.60 Å². The SMILES string of the molecule is CCn1nc(Br)c2c1CCC2. The number of halogens is 1. The van der Waals surface area contributed by atoms with Gasteiger partial charge in [0.1, 0.15) is 4.60 Å². The molecule has 1 aromatic heterocycles. The first-order valence-corrected chi connectivity index (χ1v) is 4.86. The van der Waals surface area contributed by atoms with E-state index in [2.05, 4.69) is 32.6 Å². The number of hydrogen-bond acceptors (Lipinski definition) is 1. The Morgan fingerprint density at radius 1 is 1.55 bits per heavy atom. The van der Waals surface area contributed by atoms with Crippen LogP contribution < -0.4 is 0 Å². The van der Waals surface area contributed by atoms with Crippen LogP contribution in [-0.4, -0.2) is 9.78 Å². The molecular formula is C8H11BrN2. The fraction of sp³-hybridized carbons (Fsp3) is 0.625. The van der Waals surface area contributed by atoms with E-state index in [-0.39, 0.29) is 0 Å². The quantitative estimate of drug-likeness (QED) is 0.701. The van der Waals surface area contributed by atoms with Crippen molar-refractivity contribution in [1.82, 2.24) is 9.78 Å². The smallest absolute Gasteiger partial charge is 0.131 e. The Bertz CT molecular complexity index is 278. The first-order chi connectivity index (χ1) is 5.33. The molecule has 0 aromatic carbocycles. The van der Waals surface area contributed by atoms with E-state index in [0.29, 0.717) is 0 Å². The molecule has 0 spiro atoms. The Hall–Kier alpha value is -0.310. The van der Waals surface area contributed by atoms with Crippen LogP contribution in [-0.2, 0) is 19.4 Å². The monoisotopic (exact) mass is 214 g/mol. The summed E-state index contributed by atoms with van der Waals surface area (Å²) in [5, 5.41) is 4.38. The summed E-state index contributed by atoms with van der Waals surface area (Å²) in [4.78, 5) is 0. The van der Waals surface area contributed by atoms with Gasteiger partial charge >= 0.3 is 0 Å². The molecule has 2 nitrogen and oxygen atoms in total. The molecule has 0 bridgehead atoms. The normalized spacial score (nSPS) is 15.5. The van der Waals surface area contributed by atoms with Gasteiger partial charge in [0.25, 0.3) is 0 Å². The summed E-state index contributed by atoms with van der Waals surface area (Å²) in [5.41, 5.74) is 2.88. The summed E-state index contributed by atoms with van der Waals surface area (Å²) in [7, 11) is 0. The van der Waals surface area contributed by atoms with Crippen LogP contribution in [0.5, 0.6) is 0 Å². The lowest BCUT2D eigenvalue weighted by molar-refractivity contribution is 0.617. The molecule has 0 amide bonds. The van der Waals surface area contributed by atoms with Gasteiger partial charge in [-0.1, -0.05) is 0 Å². The van der Waals surface area contributed by atoms with Crippen LogP contribution in [0.1, 0.15) is 24.6 Å². The molecule has 0 N–H and O–H groups in total. The zero-order valence-electron chi connectivity index (χ0n) is 6.60. The van der Waals surface area contributed by atoms with Gasteiger partial charge in [-0.2, -0.15) is 5.10 Å². The summed E-state index contributed by atoms with van der Waals surface area (Å²) in [6.45, 7) is 3.13. The van der Waals surface area contributed by atoms with Gasteiger partial charge in [-0.25, -0.2) is 0 Å². The second-order valence-corrected chi connectivity index (χ2v) is 3.64.